The summed E-state index contributed by atoms with van der Waals surface area (Å²) in [7, 11) is 0. The quantitative estimate of drug-likeness (QED) is 0.185. The number of para-hydroxylation sites is 1. The van der Waals surface area contributed by atoms with Crippen LogP contribution in [0.4, 0.5) is 23.5 Å². The van der Waals surface area contributed by atoms with Gasteiger partial charge in [-0.05, 0) is 83.5 Å². The molecule has 3 aromatic heterocycles. The van der Waals surface area contributed by atoms with E-state index in [1.54, 1.807) is 0 Å². The molecule has 4 nitrogen and oxygen atoms in total. The molecule has 9 rings (SSSR count). The third-order valence-electron chi connectivity index (χ3n) is 8.87. The Morgan fingerprint density at radius 3 is 1.38 bits per heavy atom. The Kier molecular flexibility index (Phi) is 12.1. The van der Waals surface area contributed by atoms with Crippen LogP contribution in [0.1, 0.15) is 22.8 Å². The molecule has 1 N–H and O–H groups in total. The van der Waals surface area contributed by atoms with E-state index in [9.17, 15) is 0 Å². The lowest BCUT2D eigenvalue weighted by atomic mass is 9.93. The Hall–Kier alpha value is -6.87. The molecule has 8 bridgehead atoms. The van der Waals surface area contributed by atoms with Crippen LogP contribution in [0.25, 0.3) is 85.4 Å². The highest BCUT2D eigenvalue weighted by molar-refractivity contribution is 6.10. The minimum absolute atomic E-state index is 0. The van der Waals surface area contributed by atoms with Crippen molar-refractivity contribution in [2.75, 3.05) is 0 Å². The van der Waals surface area contributed by atoms with Gasteiger partial charge in [-0.2, -0.15) is 0 Å². The first kappa shape index (κ1) is 38.9. The van der Waals surface area contributed by atoms with Gasteiger partial charge in [-0.15, -0.1) is 0 Å². The summed E-state index contributed by atoms with van der Waals surface area (Å²) in [5.41, 5.74) is 15.4. The third kappa shape index (κ3) is 7.18. The number of aromatic amines is 1. The average molecular weight is 715 g/mol. The van der Waals surface area contributed by atoms with Crippen molar-refractivity contribution in [2.24, 2.45) is 0 Å². The number of rotatable bonds is 4. The van der Waals surface area contributed by atoms with Crippen molar-refractivity contribution in [3.05, 3.63) is 174 Å². The molecule has 0 aliphatic carbocycles. The average Bonchev–Trinajstić information content (AvgIpc) is 3.95. The number of fused-ring (bicyclic) bond motifs is 8. The van der Waals surface area contributed by atoms with Crippen LogP contribution in [-0.4, -0.2) is 19.5 Å². The Labute approximate surface area is 302 Å². The van der Waals surface area contributed by atoms with E-state index in [1.807, 2.05) is 0 Å². The Morgan fingerprint density at radius 1 is 0.396 bits per heavy atom. The van der Waals surface area contributed by atoms with E-state index >= 15 is 0 Å². The molecular weight excluding hydrogens is 680 g/mol. The van der Waals surface area contributed by atoms with E-state index in [1.165, 1.54) is 0 Å². The number of hydrogen-bond acceptors (Lipinski definition) is 2. The summed E-state index contributed by atoms with van der Waals surface area (Å²) >= 11 is 0. The van der Waals surface area contributed by atoms with Gasteiger partial charge in [0.1, 0.15) is 0 Å². The summed E-state index contributed by atoms with van der Waals surface area (Å²) in [4.78, 5) is 13.9. The standard InChI is InChI=1S/C44H30N4.5FH/c1-5-13-30(14-6-1)41-39-26-25-36(47-39)28-35-22-21-33(45-35)27-34-23-24-37(46-34)29-40-42(31-15-7-2-8-16-31)43(32-17-9-3-10-18-32)44(41)48(40)38-19-11-4-12-20-38;;;;;/h1-29,45H;5*1H. The van der Waals surface area contributed by atoms with Gasteiger partial charge in [-0.25, -0.2) is 9.97 Å². The molecule has 2 aliphatic heterocycles. The highest BCUT2D eigenvalue weighted by Crippen LogP contribution is 2.47. The Balaban J connectivity index is 0.00000125. The topological polar surface area (TPSA) is 46.5 Å². The van der Waals surface area contributed by atoms with Crippen LogP contribution in [0.2, 0.25) is 0 Å². The molecule has 266 valence electrons. The van der Waals surface area contributed by atoms with Gasteiger partial charge in [0.2, 0.25) is 0 Å². The molecule has 2 aliphatic rings. The van der Waals surface area contributed by atoms with E-state index in [4.69, 9.17) is 9.97 Å². The number of nitrogens with zero attached hydrogens (tertiary/aromatic N) is 3. The first-order chi connectivity index (χ1) is 23.8. The van der Waals surface area contributed by atoms with Crippen LogP contribution in [0, 0.1) is 0 Å². The SMILES string of the molecule is C1=Cc2cc3c(-c4ccccc4)c(-c4ccccc4)c(c(-c4ccccc4)c4nc(cc5ccc(cc1n2)[nH]5)C=C4)n3-c1ccccc1.F.F.F.F.F. The predicted octanol–water partition coefficient (Wildman–Crippen LogP) is 11.9. The van der Waals surface area contributed by atoms with Crippen LogP contribution in [0.15, 0.2) is 152 Å². The second-order valence-electron chi connectivity index (χ2n) is 12.0. The molecule has 4 aromatic carbocycles. The molecule has 5 heterocycles. The molecule has 0 saturated carbocycles. The van der Waals surface area contributed by atoms with Gasteiger partial charge in [-0.3, -0.25) is 23.5 Å². The van der Waals surface area contributed by atoms with Crippen LogP contribution < -0.4 is 0 Å². The fraction of sp³-hybridized carbons (Fsp3) is 0. The zero-order valence-electron chi connectivity index (χ0n) is 28.1. The normalized spacial score (nSPS) is 10.9. The van der Waals surface area contributed by atoms with Gasteiger partial charge in [0.15, 0.2) is 0 Å². The first-order valence-electron chi connectivity index (χ1n) is 16.2. The van der Waals surface area contributed by atoms with Crippen molar-refractivity contribution in [3.8, 4) is 39.1 Å². The molecule has 0 amide bonds. The minimum Gasteiger partial charge on any atom is -0.355 e. The maximum absolute atomic E-state index is 5.29. The van der Waals surface area contributed by atoms with Crippen molar-refractivity contribution in [1.29, 1.82) is 0 Å². The number of halogens is 5. The number of H-pyrrole nitrogens is 1. The second-order valence-corrected chi connectivity index (χ2v) is 12.0. The fourth-order valence-electron chi connectivity index (χ4n) is 6.81. The number of aromatic nitrogens is 4. The molecule has 53 heavy (non-hydrogen) atoms. The van der Waals surface area contributed by atoms with Gasteiger partial charge in [-0.1, -0.05) is 109 Å². The van der Waals surface area contributed by atoms with Gasteiger partial charge in [0, 0.05) is 33.4 Å². The Morgan fingerprint density at radius 2 is 0.830 bits per heavy atom. The van der Waals surface area contributed by atoms with Crippen molar-refractivity contribution < 1.29 is 23.5 Å². The van der Waals surface area contributed by atoms with Crippen LogP contribution in [-0.2, 0) is 0 Å². The van der Waals surface area contributed by atoms with E-state index in [-0.39, 0.29) is 23.5 Å². The fourth-order valence-corrected chi connectivity index (χ4v) is 6.81. The molecule has 0 saturated heterocycles. The molecule has 9 heteroatoms. The van der Waals surface area contributed by atoms with Crippen molar-refractivity contribution in [2.45, 2.75) is 0 Å². The summed E-state index contributed by atoms with van der Waals surface area (Å²) in [5.74, 6) is 0. The number of nitrogens with one attached hydrogen (secondary N) is 1. The largest absolute Gasteiger partial charge is 0.355 e. The highest BCUT2D eigenvalue weighted by atomic mass is 19.0. The monoisotopic (exact) mass is 714 g/mol. The lowest BCUT2D eigenvalue weighted by Crippen LogP contribution is -1.97. The van der Waals surface area contributed by atoms with Gasteiger partial charge in [0.25, 0.3) is 0 Å². The smallest absolute Gasteiger partial charge is 0.0737 e. The van der Waals surface area contributed by atoms with Crippen LogP contribution in [0.5, 0.6) is 0 Å². The summed E-state index contributed by atoms with van der Waals surface area (Å²) in [5, 5.41) is 0. The van der Waals surface area contributed by atoms with Gasteiger partial charge in [0.05, 0.1) is 33.8 Å². The van der Waals surface area contributed by atoms with Crippen molar-refractivity contribution in [1.82, 2.24) is 19.5 Å². The van der Waals surface area contributed by atoms with E-state index in [0.29, 0.717) is 0 Å². The van der Waals surface area contributed by atoms with Crippen molar-refractivity contribution >= 4 is 46.4 Å². The summed E-state index contributed by atoms with van der Waals surface area (Å²) < 4.78 is 2.41. The lowest BCUT2D eigenvalue weighted by Gasteiger charge is -2.13. The molecule has 0 fully saturated rings. The predicted molar refractivity (Wildman–Crippen MR) is 213 cm³/mol. The zero-order valence-corrected chi connectivity index (χ0v) is 28.1. The molecule has 0 spiro atoms. The van der Waals surface area contributed by atoms with Gasteiger partial charge < -0.3 is 9.55 Å². The van der Waals surface area contributed by atoms with Crippen molar-refractivity contribution in [3.63, 3.8) is 0 Å². The first-order valence-corrected chi connectivity index (χ1v) is 16.2. The molecular formula is C44H35F5N4. The highest BCUT2D eigenvalue weighted by Gasteiger charge is 2.25. The van der Waals surface area contributed by atoms with Gasteiger partial charge >= 0.3 is 0 Å². The molecule has 7 aromatic rings. The minimum atomic E-state index is 0. The number of hydrogen-bond donors (Lipinski definition) is 1. The summed E-state index contributed by atoms with van der Waals surface area (Å²) in [6, 6.07) is 53.3. The van der Waals surface area contributed by atoms with E-state index in [2.05, 4.69) is 186 Å². The second kappa shape index (κ2) is 16.4. The molecule has 0 atom stereocenters. The lowest BCUT2D eigenvalue weighted by molar-refractivity contribution is 1.11. The van der Waals surface area contributed by atoms with Crippen LogP contribution >= 0.6 is 0 Å². The molecule has 0 unspecified atom stereocenters. The maximum Gasteiger partial charge on any atom is 0.0737 e. The zero-order chi connectivity index (χ0) is 31.9. The summed E-state index contributed by atoms with van der Waals surface area (Å²) in [6.45, 7) is 0. The third-order valence-corrected chi connectivity index (χ3v) is 8.87. The maximum atomic E-state index is 5.29. The Bertz CT molecular complexity index is 2550. The van der Waals surface area contributed by atoms with E-state index < -0.39 is 0 Å². The summed E-state index contributed by atoms with van der Waals surface area (Å²) in [6.07, 6.45) is 8.44. The molecule has 0 radical (unpaired) electrons. The number of benzene rings is 4. The van der Waals surface area contributed by atoms with E-state index in [0.717, 1.165) is 83.9 Å². The van der Waals surface area contributed by atoms with Crippen LogP contribution in [0.3, 0.4) is 0 Å².